The van der Waals surface area contributed by atoms with Gasteiger partial charge >= 0.3 is 81.0 Å². The summed E-state index contributed by atoms with van der Waals surface area (Å²) in [6, 6.07) is 0. The van der Waals surface area contributed by atoms with E-state index in [0.717, 1.165) is 6.92 Å². The molecule has 0 nitrogen and oxygen atoms in total. The summed E-state index contributed by atoms with van der Waals surface area (Å²) in [6.45, 7) is 0.998. The van der Waals surface area contributed by atoms with Crippen molar-refractivity contribution in [2.75, 3.05) is 0 Å². The van der Waals surface area contributed by atoms with Crippen molar-refractivity contribution < 1.29 is 41.9 Å². The standard InChI is InChI=1S/C7H3F4.Hf/c1-3-6(10)4(8)2-5(9)7(3)11;/h1H3;. The van der Waals surface area contributed by atoms with Crippen molar-refractivity contribution in [3.8, 4) is 0 Å². The molecular formula is C7H3F4Hf. The molecule has 0 saturated carbocycles. The van der Waals surface area contributed by atoms with Crippen LogP contribution in [0.3, 0.4) is 0 Å². The average molecular weight is 342 g/mol. The van der Waals surface area contributed by atoms with E-state index in [9.17, 15) is 17.6 Å². The summed E-state index contributed by atoms with van der Waals surface area (Å²) in [5.74, 6) is -5.12. The van der Waals surface area contributed by atoms with Gasteiger partial charge in [0.05, 0.1) is 0 Å². The molecule has 1 aromatic rings. The molecule has 0 aliphatic rings. The Kier molecular flexibility index (Phi) is 2.70. The van der Waals surface area contributed by atoms with Gasteiger partial charge in [-0.05, 0) is 0 Å². The predicted octanol–water partition coefficient (Wildman–Crippen LogP) is 1.72. The van der Waals surface area contributed by atoms with Crippen LogP contribution in [0, 0.1) is 30.2 Å². The van der Waals surface area contributed by atoms with Crippen molar-refractivity contribution in [3.05, 3.63) is 28.8 Å². The van der Waals surface area contributed by atoms with Crippen LogP contribution in [-0.2, 0) is 24.4 Å². The third-order valence-electron chi connectivity index (χ3n) is 1.48. The Labute approximate surface area is 81.2 Å². The minimum atomic E-state index is -1.29. The summed E-state index contributed by atoms with van der Waals surface area (Å²) >= 11 is -0.0565. The van der Waals surface area contributed by atoms with Gasteiger partial charge in [-0.2, -0.15) is 0 Å². The van der Waals surface area contributed by atoms with Gasteiger partial charge in [0.25, 0.3) is 0 Å². The van der Waals surface area contributed by atoms with Crippen LogP contribution in [0.4, 0.5) is 17.6 Å². The Morgan fingerprint density at radius 2 is 1.17 bits per heavy atom. The van der Waals surface area contributed by atoms with Crippen molar-refractivity contribution in [1.82, 2.24) is 0 Å². The van der Waals surface area contributed by atoms with Crippen molar-refractivity contribution >= 4 is 3.32 Å². The van der Waals surface area contributed by atoms with Gasteiger partial charge < -0.3 is 0 Å². The van der Waals surface area contributed by atoms with Gasteiger partial charge in [-0.3, -0.25) is 0 Å². The molecule has 0 N–H and O–H groups in total. The molecule has 0 spiro atoms. The second-order valence-corrected chi connectivity index (χ2v) is 4.05. The topological polar surface area (TPSA) is 0 Å². The third kappa shape index (κ3) is 1.34. The molecule has 0 heterocycles. The second-order valence-electron chi connectivity index (χ2n) is 2.26. The van der Waals surface area contributed by atoms with Crippen LogP contribution in [0.25, 0.3) is 0 Å². The molecule has 0 aromatic heterocycles. The van der Waals surface area contributed by atoms with E-state index in [4.69, 9.17) is 0 Å². The molecule has 0 radical (unpaired) electrons. The average Bonchev–Trinajstić information content (AvgIpc) is 2.08. The quantitative estimate of drug-likeness (QED) is 0.383. The number of hydrogen-bond donors (Lipinski definition) is 0. The van der Waals surface area contributed by atoms with E-state index >= 15 is 0 Å². The summed E-state index contributed by atoms with van der Waals surface area (Å²) in [6.07, 6.45) is 0. The molecule has 0 amide bonds. The van der Waals surface area contributed by atoms with Gasteiger partial charge in [0.1, 0.15) is 0 Å². The van der Waals surface area contributed by atoms with Crippen LogP contribution in [0.1, 0.15) is 5.56 Å². The van der Waals surface area contributed by atoms with Crippen molar-refractivity contribution in [2.45, 2.75) is 6.92 Å². The second kappa shape index (κ2) is 3.28. The van der Waals surface area contributed by atoms with E-state index in [-0.39, 0.29) is 24.4 Å². The zero-order valence-electron chi connectivity index (χ0n) is 6.01. The number of hydrogen-bond acceptors (Lipinski definition) is 0. The molecule has 0 bridgehead atoms. The minimum absolute atomic E-state index is 0.0565. The van der Waals surface area contributed by atoms with Gasteiger partial charge in [0.2, 0.25) is 0 Å². The van der Waals surface area contributed by atoms with Crippen molar-refractivity contribution in [3.63, 3.8) is 0 Å². The molecule has 0 aliphatic carbocycles. The SMILES string of the molecule is Cc1c(F)c(F)[c]([Hf])c(F)c1F. The van der Waals surface area contributed by atoms with E-state index < -0.39 is 32.2 Å². The van der Waals surface area contributed by atoms with Crippen molar-refractivity contribution in [1.29, 1.82) is 0 Å². The third-order valence-corrected chi connectivity index (χ3v) is 3.06. The Morgan fingerprint density at radius 3 is 1.50 bits per heavy atom. The molecular weight excluding hydrogens is 339 g/mol. The van der Waals surface area contributed by atoms with E-state index in [1.807, 2.05) is 0 Å². The predicted molar refractivity (Wildman–Crippen MR) is 30.6 cm³/mol. The van der Waals surface area contributed by atoms with Gasteiger partial charge in [-0.25, -0.2) is 0 Å². The molecule has 1 aromatic carbocycles. The summed E-state index contributed by atoms with van der Waals surface area (Å²) in [7, 11) is 0. The van der Waals surface area contributed by atoms with Crippen LogP contribution in [-0.4, -0.2) is 0 Å². The van der Waals surface area contributed by atoms with Crippen LogP contribution < -0.4 is 3.32 Å². The van der Waals surface area contributed by atoms with E-state index in [0.29, 0.717) is 0 Å². The maximum atomic E-state index is 12.7. The molecule has 0 aliphatic heterocycles. The number of benzene rings is 1. The zero-order chi connectivity index (χ0) is 9.46. The van der Waals surface area contributed by atoms with E-state index in [2.05, 4.69) is 0 Å². The Balaban J connectivity index is 3.60. The van der Waals surface area contributed by atoms with Gasteiger partial charge in [-0.15, -0.1) is 0 Å². The van der Waals surface area contributed by atoms with E-state index in [1.54, 1.807) is 0 Å². The fourth-order valence-corrected chi connectivity index (χ4v) is 1.53. The molecule has 1 rings (SSSR count). The molecule has 0 fully saturated rings. The number of rotatable bonds is 0. The van der Waals surface area contributed by atoms with Crippen LogP contribution in [0.15, 0.2) is 0 Å². The van der Waals surface area contributed by atoms with Gasteiger partial charge in [0, 0.05) is 0 Å². The first-order chi connectivity index (χ1) is 5.46. The summed E-state index contributed by atoms with van der Waals surface area (Å²) in [4.78, 5) is 0. The summed E-state index contributed by atoms with van der Waals surface area (Å²) < 4.78 is 50.2. The molecule has 0 unspecified atom stereocenters. The maximum absolute atomic E-state index is 12.7. The number of halogens is 4. The van der Waals surface area contributed by atoms with Crippen molar-refractivity contribution in [2.24, 2.45) is 0 Å². The van der Waals surface area contributed by atoms with Crippen LogP contribution in [0.2, 0.25) is 0 Å². The van der Waals surface area contributed by atoms with Gasteiger partial charge in [-0.1, -0.05) is 0 Å². The first kappa shape index (κ1) is 9.89. The summed E-state index contributed by atoms with van der Waals surface area (Å²) in [5.41, 5.74) is -0.607. The molecule has 5 heteroatoms. The molecule has 0 atom stereocenters. The Bertz CT molecular complexity index is 230. The first-order valence-electron chi connectivity index (χ1n) is 3.01. The van der Waals surface area contributed by atoms with Gasteiger partial charge in [0.15, 0.2) is 0 Å². The molecule has 0 saturated heterocycles. The first-order valence-corrected chi connectivity index (χ1v) is 4.80. The Morgan fingerprint density at radius 1 is 0.833 bits per heavy atom. The molecule has 12 heavy (non-hydrogen) atoms. The molecule has 63 valence electrons. The summed E-state index contributed by atoms with van der Waals surface area (Å²) in [5, 5.41) is 0. The Hall–Kier alpha value is -0.190. The van der Waals surface area contributed by atoms with E-state index in [1.165, 1.54) is 0 Å². The fourth-order valence-electron chi connectivity index (χ4n) is 0.741. The fraction of sp³-hybridized carbons (Fsp3) is 0.143. The van der Waals surface area contributed by atoms with Crippen LogP contribution >= 0.6 is 0 Å². The monoisotopic (exact) mass is 343 g/mol. The van der Waals surface area contributed by atoms with Crippen LogP contribution in [0.5, 0.6) is 0 Å². The zero-order valence-corrected chi connectivity index (χ0v) is 9.60. The normalized spacial score (nSPS) is 10.3.